The molecule has 21 heavy (non-hydrogen) atoms. The maximum absolute atomic E-state index is 12.7. The van der Waals surface area contributed by atoms with E-state index in [1.807, 2.05) is 0 Å². The molecule has 2 heterocycles. The van der Waals surface area contributed by atoms with Crippen molar-refractivity contribution in [3.63, 3.8) is 0 Å². The Morgan fingerprint density at radius 2 is 1.86 bits per heavy atom. The molecule has 1 fully saturated rings. The van der Waals surface area contributed by atoms with Gasteiger partial charge in [0.25, 0.3) is 10.0 Å². The lowest BCUT2D eigenvalue weighted by molar-refractivity contribution is 0.358. The van der Waals surface area contributed by atoms with E-state index in [-0.39, 0.29) is 5.03 Å². The zero-order chi connectivity index (χ0) is 14.9. The molecule has 0 spiro atoms. The molecule has 0 aliphatic carbocycles. The highest BCUT2D eigenvalue weighted by Gasteiger charge is 2.29. The van der Waals surface area contributed by atoms with E-state index in [1.54, 1.807) is 24.3 Å². The van der Waals surface area contributed by atoms with Gasteiger partial charge in [-0.3, -0.25) is 0 Å². The monoisotopic (exact) mass is 326 g/mol. The summed E-state index contributed by atoms with van der Waals surface area (Å²) in [4.78, 5) is 0. The summed E-state index contributed by atoms with van der Waals surface area (Å²) in [5.74, 6) is 0. The van der Waals surface area contributed by atoms with Crippen molar-refractivity contribution in [2.45, 2.75) is 5.03 Å². The van der Waals surface area contributed by atoms with Crippen LogP contribution in [0.25, 0.3) is 5.69 Å². The Bertz CT molecular complexity index is 738. The highest BCUT2D eigenvalue weighted by Crippen LogP contribution is 2.24. The number of hydrogen-bond acceptors (Lipinski definition) is 4. The van der Waals surface area contributed by atoms with E-state index in [4.69, 9.17) is 11.6 Å². The quantitative estimate of drug-likeness (QED) is 0.918. The van der Waals surface area contributed by atoms with Crippen molar-refractivity contribution >= 4 is 21.6 Å². The molecule has 2 aromatic rings. The minimum atomic E-state index is -3.58. The van der Waals surface area contributed by atoms with Crippen LogP contribution in [-0.2, 0) is 10.0 Å². The Labute approximate surface area is 128 Å². The average Bonchev–Trinajstić information content (AvgIpc) is 2.99. The molecule has 0 unspecified atom stereocenters. The largest absolute Gasteiger partial charge is 0.314 e. The minimum absolute atomic E-state index is 0.137. The van der Waals surface area contributed by atoms with Crippen LogP contribution in [0.4, 0.5) is 0 Å². The van der Waals surface area contributed by atoms with E-state index in [0.29, 0.717) is 36.9 Å². The van der Waals surface area contributed by atoms with Gasteiger partial charge >= 0.3 is 0 Å². The number of halogens is 1. The Kier molecular flexibility index (Phi) is 3.99. The molecule has 0 bridgehead atoms. The zero-order valence-corrected chi connectivity index (χ0v) is 12.8. The van der Waals surface area contributed by atoms with Crippen molar-refractivity contribution in [2.24, 2.45) is 0 Å². The van der Waals surface area contributed by atoms with Crippen LogP contribution in [-0.4, -0.2) is 48.7 Å². The molecular formula is C13H15ClN4O2S. The summed E-state index contributed by atoms with van der Waals surface area (Å²) < 4.78 is 28.3. The summed E-state index contributed by atoms with van der Waals surface area (Å²) in [6.45, 7) is 2.21. The second-order valence-electron chi connectivity index (χ2n) is 4.69. The molecule has 0 saturated carbocycles. The summed E-state index contributed by atoms with van der Waals surface area (Å²) >= 11 is 6.14. The van der Waals surface area contributed by atoms with Crippen LogP contribution in [0.1, 0.15) is 0 Å². The molecule has 1 saturated heterocycles. The topological polar surface area (TPSA) is 67.2 Å². The number of nitrogens with one attached hydrogen (secondary N) is 1. The van der Waals surface area contributed by atoms with Gasteiger partial charge in [-0.15, -0.1) is 0 Å². The molecule has 1 aliphatic rings. The first kappa shape index (κ1) is 14.5. The maximum Gasteiger partial charge on any atom is 0.260 e. The Morgan fingerprint density at radius 1 is 1.14 bits per heavy atom. The molecule has 0 amide bonds. The molecule has 1 aliphatic heterocycles. The van der Waals surface area contributed by atoms with E-state index >= 15 is 0 Å². The SMILES string of the molecule is O=S(=O)(c1ccnn1-c1ccccc1Cl)N1CCNCC1. The fourth-order valence-corrected chi connectivity index (χ4v) is 4.05. The lowest BCUT2D eigenvalue weighted by atomic mass is 10.3. The van der Waals surface area contributed by atoms with Crippen molar-refractivity contribution in [3.05, 3.63) is 41.6 Å². The van der Waals surface area contributed by atoms with Crippen molar-refractivity contribution < 1.29 is 8.42 Å². The smallest absolute Gasteiger partial charge is 0.260 e. The van der Waals surface area contributed by atoms with Gasteiger partial charge in [-0.2, -0.15) is 9.40 Å². The Hall–Kier alpha value is -1.41. The third-order valence-electron chi connectivity index (χ3n) is 3.37. The fraction of sp³-hybridized carbons (Fsp3) is 0.308. The van der Waals surface area contributed by atoms with Gasteiger partial charge in [-0.1, -0.05) is 23.7 Å². The Morgan fingerprint density at radius 3 is 2.57 bits per heavy atom. The zero-order valence-electron chi connectivity index (χ0n) is 11.2. The van der Waals surface area contributed by atoms with Gasteiger partial charge in [0.2, 0.25) is 0 Å². The molecular weight excluding hydrogens is 312 g/mol. The van der Waals surface area contributed by atoms with Gasteiger partial charge in [-0.05, 0) is 18.2 Å². The van der Waals surface area contributed by atoms with Crippen LogP contribution in [0, 0.1) is 0 Å². The van der Waals surface area contributed by atoms with Crippen LogP contribution >= 0.6 is 11.6 Å². The lowest BCUT2D eigenvalue weighted by Crippen LogP contribution is -2.46. The predicted octanol–water partition coefficient (Wildman–Crippen LogP) is 1.12. The number of nitrogens with zero attached hydrogens (tertiary/aromatic N) is 3. The second-order valence-corrected chi connectivity index (χ2v) is 6.98. The maximum atomic E-state index is 12.7. The summed E-state index contributed by atoms with van der Waals surface area (Å²) in [6, 6.07) is 8.54. The van der Waals surface area contributed by atoms with Gasteiger partial charge < -0.3 is 5.32 Å². The first-order valence-electron chi connectivity index (χ1n) is 6.60. The van der Waals surface area contributed by atoms with Crippen LogP contribution in [0.3, 0.4) is 0 Å². The van der Waals surface area contributed by atoms with Crippen molar-refractivity contribution in [1.29, 1.82) is 0 Å². The van der Waals surface area contributed by atoms with Crippen LogP contribution in [0.15, 0.2) is 41.6 Å². The van der Waals surface area contributed by atoms with Crippen molar-refractivity contribution in [3.8, 4) is 5.69 Å². The van der Waals surface area contributed by atoms with E-state index in [0.717, 1.165) is 0 Å². The molecule has 1 aromatic heterocycles. The second kappa shape index (κ2) is 5.76. The number of sulfonamides is 1. The normalized spacial score (nSPS) is 17.0. The third-order valence-corrected chi connectivity index (χ3v) is 5.57. The summed E-state index contributed by atoms with van der Waals surface area (Å²) in [7, 11) is -3.58. The predicted molar refractivity (Wildman–Crippen MR) is 80.2 cm³/mol. The molecule has 1 N–H and O–H groups in total. The summed E-state index contributed by atoms with van der Waals surface area (Å²) in [6.07, 6.45) is 1.47. The summed E-state index contributed by atoms with van der Waals surface area (Å²) in [5.41, 5.74) is 0.554. The first-order valence-corrected chi connectivity index (χ1v) is 8.42. The summed E-state index contributed by atoms with van der Waals surface area (Å²) in [5, 5.41) is 7.85. The van der Waals surface area contributed by atoms with Gasteiger partial charge in [0, 0.05) is 26.2 Å². The molecule has 0 atom stereocenters. The van der Waals surface area contributed by atoms with Gasteiger partial charge in [0.15, 0.2) is 5.03 Å². The van der Waals surface area contributed by atoms with E-state index in [1.165, 1.54) is 21.3 Å². The van der Waals surface area contributed by atoms with E-state index in [9.17, 15) is 8.42 Å². The van der Waals surface area contributed by atoms with Crippen LogP contribution in [0.5, 0.6) is 0 Å². The first-order chi connectivity index (χ1) is 10.1. The molecule has 0 radical (unpaired) electrons. The van der Waals surface area contributed by atoms with Gasteiger partial charge in [0.1, 0.15) is 0 Å². The Balaban J connectivity index is 2.05. The molecule has 112 valence electrons. The average molecular weight is 327 g/mol. The number of para-hydroxylation sites is 1. The van der Waals surface area contributed by atoms with Crippen LogP contribution < -0.4 is 5.32 Å². The number of aromatic nitrogens is 2. The van der Waals surface area contributed by atoms with Gasteiger partial charge in [-0.25, -0.2) is 13.1 Å². The molecule has 3 rings (SSSR count). The van der Waals surface area contributed by atoms with Crippen molar-refractivity contribution in [1.82, 2.24) is 19.4 Å². The molecule has 6 nitrogen and oxygen atoms in total. The van der Waals surface area contributed by atoms with Crippen molar-refractivity contribution in [2.75, 3.05) is 26.2 Å². The highest BCUT2D eigenvalue weighted by atomic mass is 35.5. The highest BCUT2D eigenvalue weighted by molar-refractivity contribution is 7.89. The fourth-order valence-electron chi connectivity index (χ4n) is 2.31. The minimum Gasteiger partial charge on any atom is -0.314 e. The van der Waals surface area contributed by atoms with Crippen LogP contribution in [0.2, 0.25) is 5.02 Å². The molecule has 1 aromatic carbocycles. The van der Waals surface area contributed by atoms with Gasteiger partial charge in [0.05, 0.1) is 16.9 Å². The third kappa shape index (κ3) is 2.69. The molecule has 8 heteroatoms. The standard InChI is InChI=1S/C13H15ClN4O2S/c14-11-3-1-2-4-12(11)18-13(5-6-16-18)21(19,20)17-9-7-15-8-10-17/h1-6,15H,7-10H2. The number of piperazine rings is 1. The number of rotatable bonds is 3. The van der Waals surface area contributed by atoms with E-state index < -0.39 is 10.0 Å². The lowest BCUT2D eigenvalue weighted by Gasteiger charge is -2.26. The van der Waals surface area contributed by atoms with E-state index in [2.05, 4.69) is 10.4 Å². The number of benzene rings is 1. The number of hydrogen-bond donors (Lipinski definition) is 1.